The second kappa shape index (κ2) is 9.50. The molecule has 0 spiro atoms. The third-order valence-corrected chi connectivity index (χ3v) is 6.21. The van der Waals surface area contributed by atoms with E-state index in [0.717, 1.165) is 16.0 Å². The van der Waals surface area contributed by atoms with Crippen molar-refractivity contribution in [3.05, 3.63) is 98.1 Å². The molecule has 0 aromatic heterocycles. The molecule has 1 heterocycles. The quantitative estimate of drug-likeness (QED) is 0.246. The highest BCUT2D eigenvalue weighted by molar-refractivity contribution is 6.53. The lowest BCUT2D eigenvalue weighted by Crippen LogP contribution is -2.32. The fourth-order valence-electron chi connectivity index (χ4n) is 3.28. The molecule has 0 saturated carbocycles. The van der Waals surface area contributed by atoms with Crippen molar-refractivity contribution in [2.24, 2.45) is 0 Å². The Kier molecular flexibility index (Phi) is 6.66. The van der Waals surface area contributed by atoms with Crippen LogP contribution in [0.5, 0.6) is 5.75 Å². The van der Waals surface area contributed by atoms with Gasteiger partial charge in [0, 0.05) is 5.69 Å². The smallest absolute Gasteiger partial charge is 0.343 e. The van der Waals surface area contributed by atoms with E-state index in [1.165, 1.54) is 18.2 Å². The van der Waals surface area contributed by atoms with E-state index in [4.69, 9.17) is 39.5 Å². The first kappa shape index (κ1) is 23.8. The van der Waals surface area contributed by atoms with Gasteiger partial charge < -0.3 is 10.1 Å². The van der Waals surface area contributed by atoms with Crippen LogP contribution in [-0.2, 0) is 9.59 Å². The van der Waals surface area contributed by atoms with Gasteiger partial charge in [-0.15, -0.1) is 0 Å². The minimum absolute atomic E-state index is 0.0940. The van der Waals surface area contributed by atoms with Crippen LogP contribution in [0.25, 0.3) is 0 Å². The highest BCUT2D eigenvalue weighted by Gasteiger charge is 2.39. The molecule has 3 aromatic rings. The Bertz CT molecular complexity index is 1370. The molecule has 0 fully saturated rings. The normalized spacial score (nSPS) is 13.5. The predicted molar refractivity (Wildman–Crippen MR) is 133 cm³/mol. The maximum atomic E-state index is 12.9. The van der Waals surface area contributed by atoms with E-state index >= 15 is 0 Å². The van der Waals surface area contributed by atoms with E-state index in [0.29, 0.717) is 17.0 Å². The Hall–Kier alpha value is -3.32. The van der Waals surface area contributed by atoms with Gasteiger partial charge in [0.25, 0.3) is 11.8 Å². The minimum Gasteiger partial charge on any atom is -0.423 e. The number of carbonyl (C=O) groups excluding carboxylic acids is 3. The molecule has 34 heavy (non-hydrogen) atoms. The summed E-state index contributed by atoms with van der Waals surface area (Å²) in [6, 6.07) is 16.2. The van der Waals surface area contributed by atoms with E-state index in [1.807, 2.05) is 26.0 Å². The molecular weight excluding hydrogens is 499 g/mol. The number of anilines is 2. The lowest BCUT2D eigenvalue weighted by molar-refractivity contribution is -0.120. The Morgan fingerprint density at radius 3 is 2.24 bits per heavy atom. The topological polar surface area (TPSA) is 75.7 Å². The Morgan fingerprint density at radius 2 is 1.56 bits per heavy atom. The minimum atomic E-state index is -0.693. The first-order valence-corrected chi connectivity index (χ1v) is 11.2. The van der Waals surface area contributed by atoms with Gasteiger partial charge in [0.05, 0.1) is 21.3 Å². The summed E-state index contributed by atoms with van der Waals surface area (Å²) in [6.45, 7) is 3.77. The van der Waals surface area contributed by atoms with Gasteiger partial charge in [-0.25, -0.2) is 9.69 Å². The number of nitrogens with one attached hydrogen (secondary N) is 1. The summed E-state index contributed by atoms with van der Waals surface area (Å²) in [6.07, 6.45) is 0. The highest BCUT2D eigenvalue weighted by Crippen LogP contribution is 2.33. The standard InChI is InChI=1S/C25H17Cl3N2O4/c1-13-3-4-14(2)20(11-13)34-25(33)15-5-7-16(8-6-15)29-22-21(28)23(31)30(24(22)32)17-9-10-18(26)19(27)12-17/h3-12,29H,1-2H3. The molecule has 4 rings (SSSR count). The summed E-state index contributed by atoms with van der Waals surface area (Å²) in [5.74, 6) is -1.37. The first-order valence-electron chi connectivity index (χ1n) is 10.1. The van der Waals surface area contributed by atoms with Gasteiger partial charge >= 0.3 is 5.97 Å². The summed E-state index contributed by atoms with van der Waals surface area (Å²) >= 11 is 18.1. The molecule has 3 aromatic carbocycles. The van der Waals surface area contributed by atoms with Gasteiger partial charge in [0.1, 0.15) is 16.5 Å². The SMILES string of the molecule is Cc1ccc(C)c(OC(=O)c2ccc(NC3=C(Cl)C(=O)N(c4ccc(Cl)c(Cl)c4)C3=O)cc2)c1. The summed E-state index contributed by atoms with van der Waals surface area (Å²) in [5.41, 5.74) is 2.73. The number of esters is 1. The van der Waals surface area contributed by atoms with E-state index in [-0.39, 0.29) is 26.5 Å². The van der Waals surface area contributed by atoms with Gasteiger partial charge in [-0.3, -0.25) is 9.59 Å². The second-order valence-electron chi connectivity index (χ2n) is 7.59. The van der Waals surface area contributed by atoms with Crippen LogP contribution in [0.4, 0.5) is 11.4 Å². The number of nitrogens with zero attached hydrogens (tertiary/aromatic N) is 1. The lowest BCUT2D eigenvalue weighted by atomic mass is 10.1. The average molecular weight is 516 g/mol. The Balaban J connectivity index is 1.50. The largest absolute Gasteiger partial charge is 0.423 e. The van der Waals surface area contributed by atoms with Crippen LogP contribution in [-0.4, -0.2) is 17.8 Å². The molecule has 172 valence electrons. The van der Waals surface area contributed by atoms with E-state index in [9.17, 15) is 14.4 Å². The van der Waals surface area contributed by atoms with Crippen LogP contribution in [0.1, 0.15) is 21.5 Å². The molecule has 0 aliphatic carbocycles. The molecule has 0 radical (unpaired) electrons. The molecule has 1 aliphatic heterocycles. The average Bonchev–Trinajstić information content (AvgIpc) is 3.01. The van der Waals surface area contributed by atoms with Crippen LogP contribution in [0.3, 0.4) is 0 Å². The molecule has 0 saturated heterocycles. The Labute approximate surface area is 210 Å². The monoisotopic (exact) mass is 514 g/mol. The van der Waals surface area contributed by atoms with E-state index < -0.39 is 17.8 Å². The van der Waals surface area contributed by atoms with Crippen molar-refractivity contribution in [2.45, 2.75) is 13.8 Å². The molecule has 0 unspecified atom stereocenters. The first-order chi connectivity index (χ1) is 16.2. The predicted octanol–water partition coefficient (Wildman–Crippen LogP) is 6.27. The van der Waals surface area contributed by atoms with Crippen LogP contribution >= 0.6 is 34.8 Å². The number of imide groups is 1. The molecule has 9 heteroatoms. The number of hydrogen-bond acceptors (Lipinski definition) is 5. The van der Waals surface area contributed by atoms with Crippen LogP contribution < -0.4 is 15.0 Å². The lowest BCUT2D eigenvalue weighted by Gasteiger charge is -2.15. The number of amides is 2. The zero-order chi connectivity index (χ0) is 24.6. The fourth-order valence-corrected chi connectivity index (χ4v) is 3.78. The fraction of sp³-hybridized carbons (Fsp3) is 0.0800. The third kappa shape index (κ3) is 4.66. The molecule has 1 N–H and O–H groups in total. The van der Waals surface area contributed by atoms with E-state index in [1.54, 1.807) is 30.3 Å². The van der Waals surface area contributed by atoms with Crippen molar-refractivity contribution in [1.29, 1.82) is 0 Å². The van der Waals surface area contributed by atoms with Crippen molar-refractivity contribution < 1.29 is 19.1 Å². The number of hydrogen-bond donors (Lipinski definition) is 1. The number of carbonyl (C=O) groups is 3. The van der Waals surface area contributed by atoms with Gasteiger partial charge in [-0.2, -0.15) is 0 Å². The third-order valence-electron chi connectivity index (χ3n) is 5.12. The van der Waals surface area contributed by atoms with Gasteiger partial charge in [-0.05, 0) is 73.5 Å². The van der Waals surface area contributed by atoms with Crippen LogP contribution in [0, 0.1) is 13.8 Å². The van der Waals surface area contributed by atoms with Crippen LogP contribution in [0.2, 0.25) is 10.0 Å². The summed E-state index contributed by atoms with van der Waals surface area (Å²) in [4.78, 5) is 39.0. The molecule has 6 nitrogen and oxygen atoms in total. The van der Waals surface area contributed by atoms with Gasteiger partial charge in [0.2, 0.25) is 0 Å². The number of halogens is 3. The van der Waals surface area contributed by atoms with Gasteiger partial charge in [0.15, 0.2) is 0 Å². The van der Waals surface area contributed by atoms with Crippen molar-refractivity contribution in [3.63, 3.8) is 0 Å². The maximum absolute atomic E-state index is 12.9. The summed E-state index contributed by atoms with van der Waals surface area (Å²) in [7, 11) is 0. The maximum Gasteiger partial charge on any atom is 0.343 e. The van der Waals surface area contributed by atoms with Crippen molar-refractivity contribution in [1.82, 2.24) is 0 Å². The number of aryl methyl sites for hydroxylation is 2. The number of benzene rings is 3. The molecule has 0 atom stereocenters. The zero-order valence-corrected chi connectivity index (χ0v) is 20.3. The molecular formula is C25H17Cl3N2O4. The van der Waals surface area contributed by atoms with Crippen molar-refractivity contribution >= 4 is 64.0 Å². The molecule has 1 aliphatic rings. The summed E-state index contributed by atoms with van der Waals surface area (Å²) < 4.78 is 5.50. The molecule has 2 amide bonds. The summed E-state index contributed by atoms with van der Waals surface area (Å²) in [5, 5.41) is 3.07. The molecule has 0 bridgehead atoms. The number of ether oxygens (including phenoxy) is 1. The van der Waals surface area contributed by atoms with Gasteiger partial charge in [-0.1, -0.05) is 46.9 Å². The van der Waals surface area contributed by atoms with Crippen molar-refractivity contribution in [2.75, 3.05) is 10.2 Å². The Morgan fingerprint density at radius 1 is 0.853 bits per heavy atom. The number of rotatable bonds is 5. The van der Waals surface area contributed by atoms with Crippen LogP contribution in [0.15, 0.2) is 71.4 Å². The zero-order valence-electron chi connectivity index (χ0n) is 18.0. The highest BCUT2D eigenvalue weighted by atomic mass is 35.5. The van der Waals surface area contributed by atoms with Crippen molar-refractivity contribution in [3.8, 4) is 5.75 Å². The van der Waals surface area contributed by atoms with E-state index in [2.05, 4.69) is 5.32 Å². The second-order valence-corrected chi connectivity index (χ2v) is 8.79.